The van der Waals surface area contributed by atoms with E-state index < -0.39 is 29.6 Å². The molecule has 1 unspecified atom stereocenters. The number of carboxylic acids is 1. The van der Waals surface area contributed by atoms with Crippen molar-refractivity contribution >= 4 is 35.4 Å². The number of Topliss-reactive ketones (excluding diaryl/α,β-unsaturated/α-hetero) is 1. The molecule has 2 N–H and O–H groups in total. The quantitative estimate of drug-likeness (QED) is 0.579. The van der Waals surface area contributed by atoms with Gasteiger partial charge in [0.2, 0.25) is 0 Å². The minimum atomic E-state index is -1.22. The molecule has 3 rings (SSSR count). The number of hydrogen-bond donors (Lipinski definition) is 2. The first-order chi connectivity index (χ1) is 16.2. The highest BCUT2D eigenvalue weighted by molar-refractivity contribution is 6.31. The SMILES string of the molecule is C[C@H](NC(=O)c1ccc[n+](COC(=O)N(C)C2(c3ccccc3Cl)CCCCC2=O)c1)C(=O)O. The van der Waals surface area contributed by atoms with Crippen LogP contribution in [0.2, 0.25) is 5.02 Å². The van der Waals surface area contributed by atoms with Crippen LogP contribution in [0, 0.1) is 0 Å². The summed E-state index contributed by atoms with van der Waals surface area (Å²) in [4.78, 5) is 50.7. The number of hydrogen-bond acceptors (Lipinski definition) is 5. The summed E-state index contributed by atoms with van der Waals surface area (Å²) >= 11 is 6.43. The van der Waals surface area contributed by atoms with Crippen LogP contribution < -0.4 is 9.88 Å². The maximum atomic E-state index is 13.1. The average molecular weight is 489 g/mol. The summed E-state index contributed by atoms with van der Waals surface area (Å²) in [5, 5.41) is 11.7. The van der Waals surface area contributed by atoms with Gasteiger partial charge in [-0.05, 0) is 38.3 Å². The summed E-state index contributed by atoms with van der Waals surface area (Å²) in [6, 6.07) is 9.03. The van der Waals surface area contributed by atoms with Crippen LogP contribution in [0.15, 0.2) is 48.8 Å². The molecular weight excluding hydrogens is 462 g/mol. The van der Waals surface area contributed by atoms with E-state index in [4.69, 9.17) is 21.4 Å². The van der Waals surface area contributed by atoms with Gasteiger partial charge in [-0.3, -0.25) is 19.3 Å². The Morgan fingerprint density at radius 1 is 1.24 bits per heavy atom. The summed E-state index contributed by atoms with van der Waals surface area (Å²) in [7, 11) is 1.52. The molecule has 34 heavy (non-hydrogen) atoms. The number of carboxylic acid groups (broad SMARTS) is 1. The van der Waals surface area contributed by atoms with Crippen molar-refractivity contribution in [2.45, 2.75) is 50.9 Å². The number of rotatable bonds is 7. The largest absolute Gasteiger partial charge is 0.480 e. The molecule has 2 aromatic rings. The number of pyridine rings is 1. The standard InChI is InChI=1S/C24H26ClN3O6/c1-16(22(31)32)26-21(30)17-8-7-13-28(14-17)15-34-23(33)27(2)24(12-6-5-11-20(24)29)18-9-3-4-10-19(18)25/h3-4,7-10,13-14,16H,5-6,11-12,15H2,1-2H3,(H-,26,30,31,32)/p+1/t16-,24?/m0/s1. The highest BCUT2D eigenvalue weighted by Gasteiger charge is 2.48. The molecule has 9 nitrogen and oxygen atoms in total. The third-order valence-corrected chi connectivity index (χ3v) is 6.32. The molecule has 0 radical (unpaired) electrons. The summed E-state index contributed by atoms with van der Waals surface area (Å²) in [6.45, 7) is 1.14. The van der Waals surface area contributed by atoms with Crippen molar-refractivity contribution in [3.05, 3.63) is 64.9 Å². The number of nitrogens with one attached hydrogen (secondary N) is 1. The highest BCUT2D eigenvalue weighted by Crippen LogP contribution is 2.42. The normalized spacial score (nSPS) is 18.6. The predicted molar refractivity (Wildman–Crippen MR) is 122 cm³/mol. The number of ether oxygens (including phenoxy) is 1. The number of amides is 2. The van der Waals surface area contributed by atoms with Gasteiger partial charge < -0.3 is 15.2 Å². The van der Waals surface area contributed by atoms with Gasteiger partial charge in [-0.2, -0.15) is 4.57 Å². The molecule has 1 aliphatic carbocycles. The van der Waals surface area contributed by atoms with E-state index in [0.29, 0.717) is 23.4 Å². The van der Waals surface area contributed by atoms with Crippen molar-refractivity contribution in [3.63, 3.8) is 0 Å². The lowest BCUT2D eigenvalue weighted by atomic mass is 9.74. The molecule has 1 aromatic heterocycles. The first kappa shape index (κ1) is 25.2. The van der Waals surface area contributed by atoms with Crippen molar-refractivity contribution in [2.24, 2.45) is 0 Å². The monoisotopic (exact) mass is 488 g/mol. The van der Waals surface area contributed by atoms with Crippen LogP contribution in [0.25, 0.3) is 0 Å². The van der Waals surface area contributed by atoms with E-state index in [1.165, 1.54) is 35.7 Å². The minimum Gasteiger partial charge on any atom is -0.480 e. The summed E-state index contributed by atoms with van der Waals surface area (Å²) in [5.74, 6) is -1.82. The first-order valence-electron chi connectivity index (χ1n) is 10.9. The Kier molecular flexibility index (Phi) is 7.88. The van der Waals surface area contributed by atoms with Gasteiger partial charge >= 0.3 is 12.1 Å². The number of halogens is 1. The Balaban J connectivity index is 1.76. The maximum Gasteiger partial charge on any atom is 0.415 e. The highest BCUT2D eigenvalue weighted by atomic mass is 35.5. The van der Waals surface area contributed by atoms with Crippen LogP contribution in [-0.4, -0.2) is 46.8 Å². The van der Waals surface area contributed by atoms with Gasteiger partial charge in [0.1, 0.15) is 17.1 Å². The van der Waals surface area contributed by atoms with E-state index >= 15 is 0 Å². The number of nitrogens with zero attached hydrogens (tertiary/aromatic N) is 2. The zero-order valence-corrected chi connectivity index (χ0v) is 19.7. The molecule has 1 heterocycles. The molecule has 1 aliphatic rings. The van der Waals surface area contributed by atoms with Crippen LogP contribution in [0.1, 0.15) is 48.5 Å². The number of aromatic nitrogens is 1. The lowest BCUT2D eigenvalue weighted by Crippen LogP contribution is -2.55. The van der Waals surface area contributed by atoms with Crippen LogP contribution in [0.3, 0.4) is 0 Å². The van der Waals surface area contributed by atoms with Gasteiger partial charge in [0, 0.05) is 30.1 Å². The summed E-state index contributed by atoms with van der Waals surface area (Å²) in [5.41, 5.74) is -0.442. The number of likely N-dealkylation sites (N-methyl/N-ethyl adjacent to an activating group) is 1. The van der Waals surface area contributed by atoms with E-state index in [1.54, 1.807) is 36.5 Å². The molecule has 0 aliphatic heterocycles. The van der Waals surface area contributed by atoms with Crippen LogP contribution in [-0.2, 0) is 26.6 Å². The average Bonchev–Trinajstić information content (AvgIpc) is 2.83. The van der Waals surface area contributed by atoms with Crippen LogP contribution in [0.4, 0.5) is 4.79 Å². The Labute approximate surface area is 202 Å². The predicted octanol–water partition coefficient (Wildman–Crippen LogP) is 2.89. The van der Waals surface area contributed by atoms with Crippen molar-refractivity contribution in [1.82, 2.24) is 10.2 Å². The fraction of sp³-hybridized carbons (Fsp3) is 0.375. The molecule has 0 saturated heterocycles. The van der Waals surface area contributed by atoms with Crippen molar-refractivity contribution in [2.75, 3.05) is 7.05 Å². The van der Waals surface area contributed by atoms with E-state index in [1.807, 2.05) is 0 Å². The molecule has 0 spiro atoms. The third-order valence-electron chi connectivity index (χ3n) is 6.00. The number of aliphatic carboxylic acids is 1. The van der Waals surface area contributed by atoms with Crippen LogP contribution >= 0.6 is 11.6 Å². The maximum absolute atomic E-state index is 13.1. The van der Waals surface area contributed by atoms with Gasteiger partial charge in [-0.25, -0.2) is 4.79 Å². The van der Waals surface area contributed by atoms with Crippen molar-refractivity contribution < 1.29 is 33.6 Å². The number of carbonyl (C=O) groups is 4. The Hall–Kier alpha value is -3.46. The van der Waals surface area contributed by atoms with Gasteiger partial charge in [-0.15, -0.1) is 0 Å². The lowest BCUT2D eigenvalue weighted by Gasteiger charge is -2.43. The van der Waals surface area contributed by atoms with Gasteiger partial charge in [0.15, 0.2) is 18.2 Å². The fourth-order valence-electron chi connectivity index (χ4n) is 4.09. The van der Waals surface area contributed by atoms with Gasteiger partial charge in [0.25, 0.3) is 12.6 Å². The second-order valence-corrected chi connectivity index (χ2v) is 8.62. The van der Waals surface area contributed by atoms with Gasteiger partial charge in [-0.1, -0.05) is 29.8 Å². The Morgan fingerprint density at radius 3 is 2.65 bits per heavy atom. The molecule has 0 bridgehead atoms. The lowest BCUT2D eigenvalue weighted by molar-refractivity contribution is -0.727. The molecule has 1 fully saturated rings. The van der Waals surface area contributed by atoms with E-state index in [9.17, 15) is 19.2 Å². The smallest absolute Gasteiger partial charge is 0.415 e. The number of carbonyl (C=O) groups excluding carboxylic acids is 3. The number of ketones is 1. The molecule has 180 valence electrons. The molecule has 1 saturated carbocycles. The van der Waals surface area contributed by atoms with Crippen LogP contribution in [0.5, 0.6) is 0 Å². The third kappa shape index (κ3) is 5.20. The molecular formula is C24H27ClN3O6+. The molecule has 10 heteroatoms. The van der Waals surface area contributed by atoms with E-state index in [-0.39, 0.29) is 18.1 Å². The topological polar surface area (TPSA) is 117 Å². The van der Waals surface area contributed by atoms with E-state index in [0.717, 1.165) is 12.8 Å². The second kappa shape index (κ2) is 10.6. The first-order valence-corrected chi connectivity index (χ1v) is 11.3. The fourth-order valence-corrected chi connectivity index (χ4v) is 4.38. The minimum absolute atomic E-state index is 0.0924. The second-order valence-electron chi connectivity index (χ2n) is 8.21. The Morgan fingerprint density at radius 2 is 1.97 bits per heavy atom. The summed E-state index contributed by atoms with van der Waals surface area (Å²) < 4.78 is 6.93. The van der Waals surface area contributed by atoms with E-state index in [2.05, 4.69) is 5.32 Å². The van der Waals surface area contributed by atoms with Crippen molar-refractivity contribution in [1.29, 1.82) is 0 Å². The number of benzene rings is 1. The zero-order valence-electron chi connectivity index (χ0n) is 19.0. The van der Waals surface area contributed by atoms with Gasteiger partial charge in [0.05, 0.1) is 0 Å². The Bertz CT molecular complexity index is 1110. The molecule has 2 amide bonds. The van der Waals surface area contributed by atoms with Crippen molar-refractivity contribution in [3.8, 4) is 0 Å². The summed E-state index contributed by atoms with van der Waals surface area (Å²) in [6.07, 6.45) is 4.61. The molecule has 1 aromatic carbocycles. The molecule has 2 atom stereocenters. The zero-order chi connectivity index (χ0) is 24.9.